The summed E-state index contributed by atoms with van der Waals surface area (Å²) in [5, 5.41) is 1.92. The van der Waals surface area contributed by atoms with Gasteiger partial charge in [0.15, 0.2) is 5.78 Å². The number of ketones is 1. The van der Waals surface area contributed by atoms with Crippen LogP contribution < -0.4 is 0 Å². The highest BCUT2D eigenvalue weighted by molar-refractivity contribution is 14.1. The number of rotatable bonds is 3. The second kappa shape index (κ2) is 4.47. The quantitative estimate of drug-likeness (QED) is 0.630. The zero-order valence-corrected chi connectivity index (χ0v) is 9.76. The third kappa shape index (κ3) is 2.76. The van der Waals surface area contributed by atoms with E-state index in [4.69, 9.17) is 0 Å². The molecule has 0 fully saturated rings. The smallest absolute Gasteiger partial charge is 0.173 e. The number of halogens is 1. The first-order valence-electron chi connectivity index (χ1n) is 3.00. The second-order valence-electron chi connectivity index (χ2n) is 2.00. The molecule has 0 amide bonds. The lowest BCUT2D eigenvalue weighted by Crippen LogP contribution is -1.99. The number of Topliss-reactive ketones (excluding diaryl/α,β-unsaturated/α-hetero) is 1. The molecule has 1 rings (SSSR count). The van der Waals surface area contributed by atoms with Crippen molar-refractivity contribution in [3.8, 4) is 0 Å². The molecule has 0 unspecified atom stereocenters. The highest BCUT2D eigenvalue weighted by Crippen LogP contribution is 2.17. The fourth-order valence-corrected chi connectivity index (χ4v) is 2.45. The van der Waals surface area contributed by atoms with Crippen LogP contribution in [0.1, 0.15) is 10.4 Å². The first kappa shape index (κ1) is 9.54. The molecule has 0 radical (unpaired) electrons. The van der Waals surface area contributed by atoms with Gasteiger partial charge in [0.05, 0.1) is 8.64 Å². The molecule has 0 atom stereocenters. The van der Waals surface area contributed by atoms with Gasteiger partial charge in [0.25, 0.3) is 0 Å². The predicted molar refractivity (Wildman–Crippen MR) is 59.7 cm³/mol. The Morgan fingerprint density at radius 2 is 2.55 bits per heavy atom. The third-order valence-corrected chi connectivity index (χ3v) is 3.50. The van der Waals surface area contributed by atoms with Gasteiger partial charge in [-0.3, -0.25) is 4.79 Å². The Hall–Kier alpha value is 0.450. The molecule has 0 aliphatic heterocycles. The van der Waals surface area contributed by atoms with Crippen molar-refractivity contribution in [3.05, 3.63) is 19.9 Å². The van der Waals surface area contributed by atoms with E-state index in [9.17, 15) is 4.79 Å². The van der Waals surface area contributed by atoms with E-state index < -0.39 is 0 Å². The standard InChI is InChI=1S/C7H7IOS2/c1-10-4-6(9)5-2-7(8)11-3-5/h2-3H,4H2,1H3. The summed E-state index contributed by atoms with van der Waals surface area (Å²) in [5.41, 5.74) is 0.855. The lowest BCUT2D eigenvalue weighted by Gasteiger charge is -1.91. The van der Waals surface area contributed by atoms with E-state index in [-0.39, 0.29) is 5.78 Å². The Bertz CT molecular complexity index is 257. The predicted octanol–water partition coefficient (Wildman–Crippen LogP) is 2.90. The number of hydrogen-bond acceptors (Lipinski definition) is 3. The van der Waals surface area contributed by atoms with E-state index in [0.29, 0.717) is 5.75 Å². The Labute approximate surface area is 87.7 Å². The summed E-state index contributed by atoms with van der Waals surface area (Å²) in [5.74, 6) is 0.823. The summed E-state index contributed by atoms with van der Waals surface area (Å²) < 4.78 is 1.17. The number of carbonyl (C=O) groups excluding carboxylic acids is 1. The van der Waals surface area contributed by atoms with E-state index >= 15 is 0 Å². The van der Waals surface area contributed by atoms with Gasteiger partial charge >= 0.3 is 0 Å². The number of carbonyl (C=O) groups is 1. The van der Waals surface area contributed by atoms with Gasteiger partial charge in [0.1, 0.15) is 0 Å². The molecule has 0 aliphatic rings. The molecular formula is C7H7IOS2. The van der Waals surface area contributed by atoms with Gasteiger partial charge in [-0.15, -0.1) is 11.3 Å². The summed E-state index contributed by atoms with van der Waals surface area (Å²) in [6.07, 6.45) is 1.94. The van der Waals surface area contributed by atoms with Gasteiger partial charge in [0.2, 0.25) is 0 Å². The minimum atomic E-state index is 0.233. The van der Waals surface area contributed by atoms with Crippen LogP contribution in [0.25, 0.3) is 0 Å². The second-order valence-corrected chi connectivity index (χ2v) is 5.67. The number of thioether (sulfide) groups is 1. The average Bonchev–Trinajstić information content (AvgIpc) is 2.36. The molecule has 11 heavy (non-hydrogen) atoms. The third-order valence-electron chi connectivity index (χ3n) is 1.16. The van der Waals surface area contributed by atoms with Gasteiger partial charge in [-0.05, 0) is 34.9 Å². The van der Waals surface area contributed by atoms with Gasteiger partial charge in [-0.1, -0.05) is 0 Å². The largest absolute Gasteiger partial charge is 0.293 e. The van der Waals surface area contributed by atoms with Crippen LogP contribution in [0.2, 0.25) is 0 Å². The molecule has 0 aliphatic carbocycles. The molecule has 1 heterocycles. The average molecular weight is 298 g/mol. The zero-order valence-electron chi connectivity index (χ0n) is 5.96. The monoisotopic (exact) mass is 298 g/mol. The lowest BCUT2D eigenvalue weighted by atomic mass is 10.2. The minimum absolute atomic E-state index is 0.233. The maximum Gasteiger partial charge on any atom is 0.173 e. The molecule has 0 bridgehead atoms. The molecule has 4 heteroatoms. The number of thiophene rings is 1. The van der Waals surface area contributed by atoms with Crippen LogP contribution in [0.15, 0.2) is 11.4 Å². The van der Waals surface area contributed by atoms with Crippen LogP contribution in [-0.4, -0.2) is 17.8 Å². The lowest BCUT2D eigenvalue weighted by molar-refractivity contribution is 0.102. The summed E-state index contributed by atoms with van der Waals surface area (Å²) >= 11 is 5.40. The molecule has 0 N–H and O–H groups in total. The summed E-state index contributed by atoms with van der Waals surface area (Å²) in [6, 6.07) is 1.93. The van der Waals surface area contributed by atoms with Gasteiger partial charge in [-0.2, -0.15) is 11.8 Å². The van der Waals surface area contributed by atoms with E-state index in [0.717, 1.165) is 5.56 Å². The SMILES string of the molecule is CSCC(=O)c1csc(I)c1. The molecule has 1 aromatic heterocycles. The Morgan fingerprint density at radius 1 is 1.82 bits per heavy atom. The summed E-state index contributed by atoms with van der Waals surface area (Å²) in [4.78, 5) is 11.2. The van der Waals surface area contributed by atoms with Crippen LogP contribution in [0.5, 0.6) is 0 Å². The molecule has 0 spiro atoms. The van der Waals surface area contributed by atoms with Gasteiger partial charge in [0, 0.05) is 10.9 Å². The van der Waals surface area contributed by atoms with Crippen LogP contribution in [0.3, 0.4) is 0 Å². The Morgan fingerprint density at radius 3 is 3.00 bits per heavy atom. The van der Waals surface area contributed by atoms with Crippen molar-refractivity contribution in [1.29, 1.82) is 0 Å². The van der Waals surface area contributed by atoms with Gasteiger partial charge in [-0.25, -0.2) is 0 Å². The van der Waals surface area contributed by atoms with E-state index in [2.05, 4.69) is 22.6 Å². The Kier molecular flexibility index (Phi) is 3.88. The van der Waals surface area contributed by atoms with Gasteiger partial charge < -0.3 is 0 Å². The van der Waals surface area contributed by atoms with Crippen molar-refractivity contribution in [3.63, 3.8) is 0 Å². The fourth-order valence-electron chi connectivity index (χ4n) is 0.671. The Balaban J connectivity index is 2.69. The maximum absolute atomic E-state index is 11.2. The molecule has 0 saturated carbocycles. The molecule has 1 aromatic rings. The van der Waals surface area contributed by atoms with Crippen LogP contribution in [0, 0.1) is 2.88 Å². The highest BCUT2D eigenvalue weighted by atomic mass is 127. The molecule has 0 aromatic carbocycles. The van der Waals surface area contributed by atoms with E-state index in [1.165, 1.54) is 2.88 Å². The normalized spacial score (nSPS) is 10.0. The molecule has 0 saturated heterocycles. The molecular weight excluding hydrogens is 291 g/mol. The van der Waals surface area contributed by atoms with E-state index in [1.54, 1.807) is 23.1 Å². The van der Waals surface area contributed by atoms with Crippen LogP contribution in [-0.2, 0) is 0 Å². The minimum Gasteiger partial charge on any atom is -0.293 e. The van der Waals surface area contributed by atoms with Crippen LogP contribution >= 0.6 is 45.7 Å². The summed E-state index contributed by atoms with van der Waals surface area (Å²) in [7, 11) is 0. The van der Waals surface area contributed by atoms with E-state index in [1.807, 2.05) is 17.7 Å². The fraction of sp³-hybridized carbons (Fsp3) is 0.286. The zero-order chi connectivity index (χ0) is 8.27. The van der Waals surface area contributed by atoms with Crippen LogP contribution in [0.4, 0.5) is 0 Å². The van der Waals surface area contributed by atoms with Crippen molar-refractivity contribution in [2.24, 2.45) is 0 Å². The first-order chi connectivity index (χ1) is 5.24. The highest BCUT2D eigenvalue weighted by Gasteiger charge is 2.05. The van der Waals surface area contributed by atoms with Crippen molar-refractivity contribution < 1.29 is 4.79 Å². The number of hydrogen-bond donors (Lipinski definition) is 0. The van der Waals surface area contributed by atoms with Crippen molar-refractivity contribution in [1.82, 2.24) is 0 Å². The maximum atomic E-state index is 11.2. The van der Waals surface area contributed by atoms with Crippen molar-refractivity contribution in [2.75, 3.05) is 12.0 Å². The molecule has 1 nitrogen and oxygen atoms in total. The van der Waals surface area contributed by atoms with Crippen molar-refractivity contribution >= 4 is 51.5 Å². The first-order valence-corrected chi connectivity index (χ1v) is 6.35. The van der Waals surface area contributed by atoms with Crippen molar-refractivity contribution in [2.45, 2.75) is 0 Å². The summed E-state index contributed by atoms with van der Waals surface area (Å²) in [6.45, 7) is 0. The topological polar surface area (TPSA) is 17.1 Å². The molecule has 60 valence electrons.